The van der Waals surface area contributed by atoms with E-state index in [1.807, 2.05) is 13.0 Å². The first-order valence-electron chi connectivity index (χ1n) is 10.7. The van der Waals surface area contributed by atoms with Gasteiger partial charge in [-0.25, -0.2) is 4.39 Å². The van der Waals surface area contributed by atoms with Gasteiger partial charge in [0, 0.05) is 29.2 Å². The Bertz CT molecular complexity index is 1100. The molecule has 2 heterocycles. The van der Waals surface area contributed by atoms with Crippen molar-refractivity contribution in [3.8, 4) is 0 Å². The van der Waals surface area contributed by atoms with Crippen molar-refractivity contribution in [3.63, 3.8) is 0 Å². The number of carbonyl (C=O) groups is 1. The number of aromatic amines is 1. The predicted molar refractivity (Wildman–Crippen MR) is 127 cm³/mol. The molecule has 3 N–H and O–H groups in total. The number of likely N-dealkylation sites (tertiary alicyclic amines) is 1. The van der Waals surface area contributed by atoms with Gasteiger partial charge in [-0.15, -0.1) is 0 Å². The summed E-state index contributed by atoms with van der Waals surface area (Å²) in [5, 5.41) is 14.8. The van der Waals surface area contributed by atoms with E-state index in [1.54, 1.807) is 24.3 Å². The third kappa shape index (κ3) is 6.11. The lowest BCUT2D eigenvalue weighted by Gasteiger charge is -2.36. The average Bonchev–Trinajstić information content (AvgIpc) is 3.17. The van der Waals surface area contributed by atoms with E-state index in [0.717, 1.165) is 16.5 Å². The molecule has 1 aliphatic rings. The number of aliphatic hydroxyl groups is 1. The van der Waals surface area contributed by atoms with Crippen LogP contribution in [-0.4, -0.2) is 46.1 Å². The van der Waals surface area contributed by atoms with Gasteiger partial charge in [-0.1, -0.05) is 43.0 Å². The first-order valence-corrected chi connectivity index (χ1v) is 11.0. The molecule has 1 fully saturated rings. The van der Waals surface area contributed by atoms with E-state index >= 15 is 0 Å². The normalized spacial score (nSPS) is 16.8. The highest BCUT2D eigenvalue weighted by molar-refractivity contribution is 6.33. The Morgan fingerprint density at radius 2 is 2.00 bits per heavy atom. The molecule has 1 aromatic heterocycles. The van der Waals surface area contributed by atoms with Crippen LogP contribution in [0.25, 0.3) is 12.2 Å². The number of nitrogens with one attached hydrogen (secondary N) is 2. The molecule has 0 spiro atoms. The lowest BCUT2D eigenvalue weighted by Crippen LogP contribution is -2.45. The minimum atomic E-state index is -0.393. The molecule has 0 saturated carbocycles. The standard InChI is InChI=1S/C25H29ClFN3O2/c1-4-19-15-24(28-23(19)13-16(2)26)25(32)29-22(14-18-5-7-20(27)8-6-18)17(3)30-11-9-21(31)10-12-30/h4-8,13,15,21-22,28,31H,2-3,9-12,14H2,1H3,(H,29,32)/b19-4-,23-13+/t22-/m0/s1. The monoisotopic (exact) mass is 457 g/mol. The molecule has 0 unspecified atom stereocenters. The average molecular weight is 458 g/mol. The fraction of sp³-hybridized carbons (Fsp3) is 0.320. The number of halogens is 2. The molecule has 1 aromatic carbocycles. The fourth-order valence-corrected chi connectivity index (χ4v) is 3.95. The van der Waals surface area contributed by atoms with E-state index in [0.29, 0.717) is 48.4 Å². The second-order valence-corrected chi connectivity index (χ2v) is 8.48. The van der Waals surface area contributed by atoms with Gasteiger partial charge in [0.25, 0.3) is 5.91 Å². The number of piperidine rings is 1. The van der Waals surface area contributed by atoms with E-state index in [2.05, 4.69) is 28.4 Å². The largest absolute Gasteiger partial charge is 0.393 e. The molecule has 2 aromatic rings. The highest BCUT2D eigenvalue weighted by atomic mass is 35.5. The first-order chi connectivity index (χ1) is 15.3. The number of hydrogen-bond acceptors (Lipinski definition) is 3. The van der Waals surface area contributed by atoms with Crippen molar-refractivity contribution in [3.05, 3.63) is 81.9 Å². The molecule has 1 saturated heterocycles. The van der Waals surface area contributed by atoms with Crippen LogP contribution in [0.2, 0.25) is 0 Å². The van der Waals surface area contributed by atoms with Gasteiger partial charge in [0.1, 0.15) is 11.5 Å². The van der Waals surface area contributed by atoms with E-state index in [-0.39, 0.29) is 17.8 Å². The Morgan fingerprint density at radius 1 is 1.34 bits per heavy atom. The Hall–Kier alpha value is -2.83. The van der Waals surface area contributed by atoms with Crippen molar-refractivity contribution < 1.29 is 14.3 Å². The molecule has 0 aliphatic carbocycles. The van der Waals surface area contributed by atoms with Crippen molar-refractivity contribution in [2.75, 3.05) is 13.1 Å². The highest BCUT2D eigenvalue weighted by Gasteiger charge is 2.25. The van der Waals surface area contributed by atoms with Gasteiger partial charge in [-0.2, -0.15) is 0 Å². The lowest BCUT2D eigenvalue weighted by molar-refractivity contribution is 0.0870. The number of rotatable bonds is 7. The number of allylic oxidation sites excluding steroid dienone is 1. The van der Waals surface area contributed by atoms with Crippen LogP contribution in [0, 0.1) is 5.82 Å². The molecule has 0 bridgehead atoms. The number of hydrogen-bond donors (Lipinski definition) is 3. The SMILES string of the molecule is C=C(Cl)/C=c1/[nH]c(C(=O)N[C@@H](Cc2ccc(F)cc2)C(=C)N2CCC(O)CC2)c/c1=C/C. The number of carbonyl (C=O) groups excluding carboxylic acids is 1. The molecule has 1 amide bonds. The van der Waals surface area contributed by atoms with Crippen LogP contribution in [-0.2, 0) is 6.42 Å². The van der Waals surface area contributed by atoms with E-state index in [1.165, 1.54) is 12.1 Å². The number of benzene rings is 1. The van der Waals surface area contributed by atoms with Crippen LogP contribution in [0.5, 0.6) is 0 Å². The Morgan fingerprint density at radius 3 is 2.59 bits per heavy atom. The van der Waals surface area contributed by atoms with Crippen molar-refractivity contribution in [1.29, 1.82) is 0 Å². The third-order valence-corrected chi connectivity index (χ3v) is 5.78. The van der Waals surface area contributed by atoms with Gasteiger partial charge < -0.3 is 20.3 Å². The Kier molecular flexibility index (Phi) is 7.94. The maximum atomic E-state index is 13.4. The molecule has 1 atom stereocenters. The summed E-state index contributed by atoms with van der Waals surface area (Å²) in [4.78, 5) is 18.3. The van der Waals surface area contributed by atoms with Crippen LogP contribution in [0.15, 0.2) is 54.2 Å². The van der Waals surface area contributed by atoms with E-state index in [9.17, 15) is 14.3 Å². The lowest BCUT2D eigenvalue weighted by atomic mass is 10.00. The summed E-state index contributed by atoms with van der Waals surface area (Å²) in [6.45, 7) is 11.1. The quantitative estimate of drug-likeness (QED) is 0.599. The molecule has 7 heteroatoms. The van der Waals surface area contributed by atoms with Crippen LogP contribution in [0.1, 0.15) is 35.8 Å². The van der Waals surface area contributed by atoms with Crippen molar-refractivity contribution in [1.82, 2.24) is 15.2 Å². The topological polar surface area (TPSA) is 68.4 Å². The number of amides is 1. The van der Waals surface area contributed by atoms with Crippen LogP contribution < -0.4 is 15.9 Å². The zero-order valence-corrected chi connectivity index (χ0v) is 19.0. The molecule has 3 rings (SSSR count). The third-order valence-electron chi connectivity index (χ3n) is 5.67. The molecule has 1 aliphatic heterocycles. The molecular weight excluding hydrogens is 429 g/mol. The van der Waals surface area contributed by atoms with Crippen molar-refractivity contribution in [2.45, 2.75) is 38.3 Å². The summed E-state index contributed by atoms with van der Waals surface area (Å²) in [6, 6.07) is 7.60. The Labute approximate surface area is 192 Å². The molecule has 5 nitrogen and oxygen atoms in total. The summed E-state index contributed by atoms with van der Waals surface area (Å²) in [6.07, 6.45) is 5.02. The minimum Gasteiger partial charge on any atom is -0.393 e. The Balaban J connectivity index is 1.85. The highest BCUT2D eigenvalue weighted by Crippen LogP contribution is 2.19. The van der Waals surface area contributed by atoms with Gasteiger partial charge >= 0.3 is 0 Å². The summed E-state index contributed by atoms with van der Waals surface area (Å²) in [5.41, 5.74) is 2.05. The number of aromatic nitrogens is 1. The van der Waals surface area contributed by atoms with Crippen LogP contribution in [0.3, 0.4) is 0 Å². The zero-order valence-electron chi connectivity index (χ0n) is 18.2. The van der Waals surface area contributed by atoms with Crippen molar-refractivity contribution in [2.24, 2.45) is 0 Å². The molecule has 170 valence electrons. The van der Waals surface area contributed by atoms with Crippen molar-refractivity contribution >= 4 is 29.7 Å². The molecule has 0 radical (unpaired) electrons. The van der Waals surface area contributed by atoms with Gasteiger partial charge in [0.15, 0.2) is 0 Å². The minimum absolute atomic E-state index is 0.279. The summed E-state index contributed by atoms with van der Waals surface area (Å²) < 4.78 is 13.4. The molecule has 32 heavy (non-hydrogen) atoms. The zero-order chi connectivity index (χ0) is 23.3. The summed E-state index contributed by atoms with van der Waals surface area (Å²) >= 11 is 5.91. The fourth-order valence-electron chi connectivity index (χ4n) is 3.84. The second-order valence-electron chi connectivity index (χ2n) is 8.00. The van der Waals surface area contributed by atoms with Gasteiger partial charge in [-0.05, 0) is 61.2 Å². The summed E-state index contributed by atoms with van der Waals surface area (Å²) in [5.74, 6) is -0.587. The predicted octanol–water partition coefficient (Wildman–Crippen LogP) is 2.80. The van der Waals surface area contributed by atoms with Gasteiger partial charge in [0.05, 0.1) is 12.1 Å². The van der Waals surface area contributed by atoms with E-state index in [4.69, 9.17) is 11.6 Å². The number of nitrogens with zero attached hydrogens (tertiary/aromatic N) is 1. The second kappa shape index (κ2) is 10.7. The first kappa shape index (κ1) is 23.8. The maximum Gasteiger partial charge on any atom is 0.268 e. The van der Waals surface area contributed by atoms with E-state index < -0.39 is 6.04 Å². The maximum absolute atomic E-state index is 13.4. The number of aliphatic hydroxyl groups excluding tert-OH is 1. The van der Waals surface area contributed by atoms with Crippen LogP contribution in [0.4, 0.5) is 4.39 Å². The summed E-state index contributed by atoms with van der Waals surface area (Å²) in [7, 11) is 0. The number of H-pyrrole nitrogens is 1. The molecular formula is C25H29ClFN3O2. The van der Waals surface area contributed by atoms with Gasteiger partial charge in [0.2, 0.25) is 0 Å². The van der Waals surface area contributed by atoms with Crippen LogP contribution >= 0.6 is 11.6 Å². The van der Waals surface area contributed by atoms with Gasteiger partial charge in [-0.3, -0.25) is 4.79 Å². The smallest absolute Gasteiger partial charge is 0.268 e.